The van der Waals surface area contributed by atoms with Crippen molar-refractivity contribution in [2.24, 2.45) is 0 Å². The molecule has 1 amide bonds. The van der Waals surface area contributed by atoms with Crippen molar-refractivity contribution < 1.29 is 4.79 Å². The normalized spacial score (nSPS) is 12.1. The Labute approximate surface area is 74.5 Å². The summed E-state index contributed by atoms with van der Waals surface area (Å²) in [5, 5.41) is 6.26. The van der Waals surface area contributed by atoms with Crippen molar-refractivity contribution in [3.05, 3.63) is 23.7 Å². The van der Waals surface area contributed by atoms with Gasteiger partial charge in [-0.3, -0.25) is 4.79 Å². The summed E-state index contributed by atoms with van der Waals surface area (Å²) in [6.07, 6.45) is 3.10. The number of carbonyl (C=O) groups excluding carboxylic acids is 1. The van der Waals surface area contributed by atoms with Crippen molar-refractivity contribution in [1.29, 1.82) is 0 Å². The minimum Gasteiger partial charge on any atom is -0.345 e. The van der Waals surface area contributed by atoms with Crippen LogP contribution in [0.4, 0.5) is 0 Å². The second-order valence-electron chi connectivity index (χ2n) is 2.28. The van der Waals surface area contributed by atoms with Gasteiger partial charge in [0, 0.05) is 6.04 Å². The third kappa shape index (κ3) is 2.13. The Kier molecular flexibility index (Phi) is 2.93. The van der Waals surface area contributed by atoms with E-state index in [1.807, 2.05) is 6.92 Å². The number of rotatable bonds is 3. The Morgan fingerprint density at radius 3 is 3.17 bits per heavy atom. The van der Waals surface area contributed by atoms with E-state index in [2.05, 4.69) is 21.5 Å². The molecule has 64 valence electrons. The highest BCUT2D eigenvalue weighted by Crippen LogP contribution is 2.01. The Hall–Kier alpha value is -1.23. The Morgan fingerprint density at radius 2 is 2.67 bits per heavy atom. The molecule has 0 bridgehead atoms. The fourth-order valence-electron chi connectivity index (χ4n) is 0.604. The van der Waals surface area contributed by atoms with E-state index in [1.165, 1.54) is 6.20 Å². The van der Waals surface area contributed by atoms with Gasteiger partial charge in [-0.15, -0.1) is 11.7 Å². The van der Waals surface area contributed by atoms with E-state index in [0.29, 0.717) is 4.88 Å². The SMILES string of the molecule is C=CC(C)NC(=O)c1cnns1. The number of nitrogens with one attached hydrogen (secondary N) is 1. The van der Waals surface area contributed by atoms with Crippen molar-refractivity contribution in [3.63, 3.8) is 0 Å². The van der Waals surface area contributed by atoms with Gasteiger partial charge in [-0.2, -0.15) is 0 Å². The first kappa shape index (κ1) is 8.86. The summed E-state index contributed by atoms with van der Waals surface area (Å²) in [5.41, 5.74) is 0. The van der Waals surface area contributed by atoms with Gasteiger partial charge in [0.05, 0.1) is 6.20 Å². The van der Waals surface area contributed by atoms with Crippen LogP contribution >= 0.6 is 11.5 Å². The monoisotopic (exact) mass is 183 g/mol. The topological polar surface area (TPSA) is 54.9 Å². The number of amides is 1. The summed E-state index contributed by atoms with van der Waals surface area (Å²) in [6.45, 7) is 5.40. The molecule has 0 fully saturated rings. The van der Waals surface area contributed by atoms with E-state index in [1.54, 1.807) is 6.08 Å². The first-order valence-corrected chi connectivity index (χ1v) is 4.22. The van der Waals surface area contributed by atoms with Crippen LogP contribution in [0.15, 0.2) is 18.9 Å². The van der Waals surface area contributed by atoms with Crippen LogP contribution in [0.2, 0.25) is 0 Å². The molecule has 1 unspecified atom stereocenters. The molecule has 12 heavy (non-hydrogen) atoms. The predicted octanol–water partition coefficient (Wildman–Crippen LogP) is 0.842. The molecule has 1 aromatic heterocycles. The zero-order valence-electron chi connectivity index (χ0n) is 6.65. The lowest BCUT2D eigenvalue weighted by Gasteiger charge is -2.05. The molecular weight excluding hydrogens is 174 g/mol. The summed E-state index contributed by atoms with van der Waals surface area (Å²) in [7, 11) is 0. The van der Waals surface area contributed by atoms with E-state index in [9.17, 15) is 4.79 Å². The largest absolute Gasteiger partial charge is 0.345 e. The molecule has 0 radical (unpaired) electrons. The van der Waals surface area contributed by atoms with Gasteiger partial charge < -0.3 is 5.32 Å². The van der Waals surface area contributed by atoms with Crippen LogP contribution in [-0.4, -0.2) is 21.5 Å². The van der Waals surface area contributed by atoms with Gasteiger partial charge in [-0.1, -0.05) is 10.6 Å². The molecule has 0 saturated carbocycles. The molecule has 1 rings (SSSR count). The molecule has 0 aromatic carbocycles. The summed E-state index contributed by atoms with van der Waals surface area (Å²) >= 11 is 1.08. The van der Waals surface area contributed by atoms with Crippen LogP contribution in [0.25, 0.3) is 0 Å². The maximum Gasteiger partial charge on any atom is 0.265 e. The second-order valence-corrected chi connectivity index (χ2v) is 3.07. The van der Waals surface area contributed by atoms with Gasteiger partial charge in [0.2, 0.25) is 0 Å². The summed E-state index contributed by atoms with van der Waals surface area (Å²) in [5.74, 6) is -0.155. The third-order valence-corrected chi connectivity index (χ3v) is 1.96. The third-order valence-electron chi connectivity index (χ3n) is 1.30. The van der Waals surface area contributed by atoms with Gasteiger partial charge in [0.1, 0.15) is 4.88 Å². The predicted molar refractivity (Wildman–Crippen MR) is 47.0 cm³/mol. The lowest BCUT2D eigenvalue weighted by molar-refractivity contribution is 0.0951. The van der Waals surface area contributed by atoms with Crippen LogP contribution in [-0.2, 0) is 0 Å². The van der Waals surface area contributed by atoms with E-state index >= 15 is 0 Å². The van der Waals surface area contributed by atoms with Crippen molar-refractivity contribution >= 4 is 17.4 Å². The standard InChI is InChI=1S/C7H9N3OS/c1-3-5(2)9-7(11)6-4-8-10-12-6/h3-5H,1H2,2H3,(H,9,11). The van der Waals surface area contributed by atoms with E-state index in [0.717, 1.165) is 11.5 Å². The number of aromatic nitrogens is 2. The smallest absolute Gasteiger partial charge is 0.265 e. The number of nitrogens with zero attached hydrogens (tertiary/aromatic N) is 2. The van der Waals surface area contributed by atoms with Gasteiger partial charge in [-0.05, 0) is 18.5 Å². The Morgan fingerprint density at radius 1 is 1.92 bits per heavy atom. The average molecular weight is 183 g/mol. The number of hydrogen-bond acceptors (Lipinski definition) is 4. The first-order valence-electron chi connectivity index (χ1n) is 3.45. The van der Waals surface area contributed by atoms with Gasteiger partial charge in [0.15, 0.2) is 0 Å². The molecule has 1 N–H and O–H groups in total. The molecular formula is C7H9N3OS. The summed E-state index contributed by atoms with van der Waals surface area (Å²) < 4.78 is 3.58. The first-order chi connectivity index (χ1) is 5.74. The molecule has 4 nitrogen and oxygen atoms in total. The Bertz CT molecular complexity index is 270. The Balaban J connectivity index is 2.55. The van der Waals surface area contributed by atoms with E-state index in [4.69, 9.17) is 0 Å². The fraction of sp³-hybridized carbons (Fsp3) is 0.286. The van der Waals surface area contributed by atoms with Crippen molar-refractivity contribution in [2.45, 2.75) is 13.0 Å². The van der Waals surface area contributed by atoms with Crippen LogP contribution in [0.5, 0.6) is 0 Å². The lowest BCUT2D eigenvalue weighted by Crippen LogP contribution is -2.30. The van der Waals surface area contributed by atoms with Crippen LogP contribution < -0.4 is 5.32 Å². The number of carbonyl (C=O) groups is 1. The zero-order chi connectivity index (χ0) is 8.97. The minimum atomic E-state index is -0.155. The molecule has 5 heteroatoms. The lowest BCUT2D eigenvalue weighted by atomic mass is 10.3. The molecule has 0 aliphatic heterocycles. The van der Waals surface area contributed by atoms with Crippen molar-refractivity contribution in [2.75, 3.05) is 0 Å². The molecule has 0 aliphatic rings. The van der Waals surface area contributed by atoms with Gasteiger partial charge in [-0.25, -0.2) is 0 Å². The van der Waals surface area contributed by atoms with E-state index < -0.39 is 0 Å². The molecule has 1 atom stereocenters. The van der Waals surface area contributed by atoms with Crippen LogP contribution in [0, 0.1) is 0 Å². The highest BCUT2D eigenvalue weighted by atomic mass is 32.1. The highest BCUT2D eigenvalue weighted by molar-refractivity contribution is 7.07. The highest BCUT2D eigenvalue weighted by Gasteiger charge is 2.08. The quantitative estimate of drug-likeness (QED) is 0.706. The van der Waals surface area contributed by atoms with Crippen LogP contribution in [0.1, 0.15) is 16.6 Å². The minimum absolute atomic E-state index is 0.0281. The van der Waals surface area contributed by atoms with Gasteiger partial charge in [0.25, 0.3) is 5.91 Å². The number of hydrogen-bond donors (Lipinski definition) is 1. The molecule has 0 spiro atoms. The van der Waals surface area contributed by atoms with Crippen molar-refractivity contribution in [3.8, 4) is 0 Å². The summed E-state index contributed by atoms with van der Waals surface area (Å²) in [6, 6.07) is -0.0281. The maximum absolute atomic E-state index is 11.2. The molecule has 0 aliphatic carbocycles. The van der Waals surface area contributed by atoms with Gasteiger partial charge >= 0.3 is 0 Å². The molecule has 1 aromatic rings. The maximum atomic E-state index is 11.2. The zero-order valence-corrected chi connectivity index (χ0v) is 7.47. The van der Waals surface area contributed by atoms with Crippen molar-refractivity contribution in [1.82, 2.24) is 14.9 Å². The second kappa shape index (κ2) is 3.96. The summed E-state index contributed by atoms with van der Waals surface area (Å²) in [4.78, 5) is 11.8. The van der Waals surface area contributed by atoms with E-state index in [-0.39, 0.29) is 11.9 Å². The molecule has 1 heterocycles. The fourth-order valence-corrected chi connectivity index (χ4v) is 1.02. The molecule has 0 saturated heterocycles. The average Bonchev–Trinajstić information content (AvgIpc) is 2.56. The van der Waals surface area contributed by atoms with Crippen LogP contribution in [0.3, 0.4) is 0 Å².